The van der Waals surface area contributed by atoms with Gasteiger partial charge < -0.3 is 25.4 Å². The molecule has 0 saturated carbocycles. The molecule has 0 fully saturated rings. The van der Waals surface area contributed by atoms with Crippen LogP contribution in [0.2, 0.25) is 0 Å². The van der Waals surface area contributed by atoms with Gasteiger partial charge in [0.05, 0.1) is 14.2 Å². The molecule has 0 amide bonds. The zero-order valence-corrected chi connectivity index (χ0v) is 15.4. The van der Waals surface area contributed by atoms with Crippen molar-refractivity contribution in [2.45, 2.75) is 20.3 Å². The van der Waals surface area contributed by atoms with Crippen molar-refractivity contribution in [1.29, 1.82) is 0 Å². The second kappa shape index (κ2) is 8.96. The summed E-state index contributed by atoms with van der Waals surface area (Å²) < 4.78 is 10.6. The maximum atomic E-state index is 6.23. The number of ether oxygens (including phenoxy) is 2. The smallest absolute Gasteiger partial charge is 0.160 e. The molecule has 0 atom stereocenters. The molecule has 0 bridgehead atoms. The number of nitrogens with one attached hydrogen (secondary N) is 1. The Kier molecular flexibility index (Phi) is 6.68. The molecule has 1 aromatic heterocycles. The minimum absolute atomic E-state index is 0.582. The van der Waals surface area contributed by atoms with Gasteiger partial charge >= 0.3 is 0 Å². The van der Waals surface area contributed by atoms with Crippen molar-refractivity contribution in [2.75, 3.05) is 49.8 Å². The van der Waals surface area contributed by atoms with E-state index in [1.807, 2.05) is 18.2 Å². The van der Waals surface area contributed by atoms with Crippen molar-refractivity contribution in [1.82, 2.24) is 9.97 Å². The second-order valence-electron chi connectivity index (χ2n) is 5.50. The monoisotopic (exact) mass is 345 g/mol. The first kappa shape index (κ1) is 18.6. The van der Waals surface area contributed by atoms with Crippen LogP contribution >= 0.6 is 0 Å². The lowest BCUT2D eigenvalue weighted by Gasteiger charge is -2.22. The zero-order valence-electron chi connectivity index (χ0n) is 15.4. The van der Waals surface area contributed by atoms with Gasteiger partial charge in [-0.1, -0.05) is 6.07 Å². The van der Waals surface area contributed by atoms with E-state index in [9.17, 15) is 0 Å². The minimum Gasteiger partial charge on any atom is -0.493 e. The van der Waals surface area contributed by atoms with Crippen LogP contribution in [-0.4, -0.2) is 43.8 Å². The first-order valence-corrected chi connectivity index (χ1v) is 8.44. The molecule has 1 aromatic carbocycles. The topological polar surface area (TPSA) is 85.5 Å². The predicted molar refractivity (Wildman–Crippen MR) is 102 cm³/mol. The highest BCUT2D eigenvalue weighted by molar-refractivity contribution is 5.74. The van der Waals surface area contributed by atoms with E-state index in [4.69, 9.17) is 15.2 Å². The fraction of sp³-hybridized carbons (Fsp3) is 0.444. The predicted octanol–water partition coefficient (Wildman–Crippen LogP) is 2.58. The molecule has 0 aliphatic rings. The number of nitrogens with two attached hydrogens (primary N) is 1. The molecule has 0 unspecified atom stereocenters. The van der Waals surface area contributed by atoms with Gasteiger partial charge in [0.1, 0.15) is 12.0 Å². The Balaban J connectivity index is 2.04. The normalized spacial score (nSPS) is 10.4. The first-order chi connectivity index (χ1) is 12.1. The van der Waals surface area contributed by atoms with Crippen molar-refractivity contribution in [3.05, 3.63) is 30.1 Å². The molecule has 2 rings (SSSR count). The third-order valence-corrected chi connectivity index (χ3v) is 4.08. The summed E-state index contributed by atoms with van der Waals surface area (Å²) in [6.45, 7) is 6.56. The number of rotatable bonds is 9. The number of nitrogen functional groups attached to an aromatic ring is 1. The molecular weight excluding hydrogens is 318 g/mol. The molecule has 0 spiro atoms. The van der Waals surface area contributed by atoms with Crippen LogP contribution < -0.4 is 25.4 Å². The van der Waals surface area contributed by atoms with Crippen LogP contribution in [0.5, 0.6) is 11.5 Å². The van der Waals surface area contributed by atoms with Crippen LogP contribution in [0.15, 0.2) is 24.5 Å². The van der Waals surface area contributed by atoms with Gasteiger partial charge in [0.25, 0.3) is 0 Å². The van der Waals surface area contributed by atoms with E-state index in [0.29, 0.717) is 18.1 Å². The Morgan fingerprint density at radius 1 is 1.08 bits per heavy atom. The molecule has 0 aliphatic carbocycles. The van der Waals surface area contributed by atoms with E-state index in [0.717, 1.165) is 42.4 Å². The summed E-state index contributed by atoms with van der Waals surface area (Å²) in [6.07, 6.45) is 2.35. The van der Waals surface area contributed by atoms with E-state index in [1.54, 1.807) is 20.5 Å². The molecule has 7 nitrogen and oxygen atoms in total. The van der Waals surface area contributed by atoms with Crippen molar-refractivity contribution in [3.8, 4) is 11.5 Å². The Labute approximate surface area is 149 Å². The van der Waals surface area contributed by atoms with Crippen LogP contribution in [0.3, 0.4) is 0 Å². The number of benzene rings is 1. The van der Waals surface area contributed by atoms with Gasteiger partial charge in [-0.2, -0.15) is 0 Å². The Hall–Kier alpha value is -2.70. The molecule has 136 valence electrons. The van der Waals surface area contributed by atoms with Gasteiger partial charge in [-0.15, -0.1) is 0 Å². The number of aromatic nitrogens is 2. The third-order valence-electron chi connectivity index (χ3n) is 4.08. The van der Waals surface area contributed by atoms with Crippen molar-refractivity contribution >= 4 is 17.3 Å². The molecule has 25 heavy (non-hydrogen) atoms. The van der Waals surface area contributed by atoms with Gasteiger partial charge in [0, 0.05) is 19.6 Å². The van der Waals surface area contributed by atoms with Crippen LogP contribution in [0, 0.1) is 0 Å². The van der Waals surface area contributed by atoms with E-state index >= 15 is 0 Å². The molecule has 0 saturated heterocycles. The van der Waals surface area contributed by atoms with Crippen molar-refractivity contribution in [3.63, 3.8) is 0 Å². The molecule has 1 heterocycles. The fourth-order valence-corrected chi connectivity index (χ4v) is 2.66. The largest absolute Gasteiger partial charge is 0.493 e. The summed E-state index contributed by atoms with van der Waals surface area (Å²) in [5, 5.41) is 3.30. The lowest BCUT2D eigenvalue weighted by Crippen LogP contribution is -2.25. The molecule has 0 radical (unpaired) electrons. The molecule has 2 aromatic rings. The standard InChI is InChI=1S/C18H27N5O2/c1-5-23(6-2)18-16(19)17(21-12-22-18)20-10-9-13-7-8-14(24-3)15(11-13)25-4/h7-8,11-12H,5-6,9-10,19H2,1-4H3,(H,20,21,22). The highest BCUT2D eigenvalue weighted by Gasteiger charge is 2.12. The van der Waals surface area contributed by atoms with Crippen LogP contribution in [-0.2, 0) is 6.42 Å². The molecule has 3 N–H and O–H groups in total. The van der Waals surface area contributed by atoms with Crippen molar-refractivity contribution in [2.24, 2.45) is 0 Å². The number of hydrogen-bond donors (Lipinski definition) is 2. The number of nitrogens with zero attached hydrogens (tertiary/aromatic N) is 3. The van der Waals surface area contributed by atoms with Gasteiger partial charge in [0.2, 0.25) is 0 Å². The summed E-state index contributed by atoms with van der Waals surface area (Å²) in [5.41, 5.74) is 7.96. The number of hydrogen-bond acceptors (Lipinski definition) is 7. The fourth-order valence-electron chi connectivity index (χ4n) is 2.66. The maximum absolute atomic E-state index is 6.23. The summed E-state index contributed by atoms with van der Waals surface area (Å²) in [5.74, 6) is 2.89. The van der Waals surface area contributed by atoms with E-state index < -0.39 is 0 Å². The average Bonchev–Trinajstić information content (AvgIpc) is 2.65. The van der Waals surface area contributed by atoms with Gasteiger partial charge in [0.15, 0.2) is 23.1 Å². The second-order valence-corrected chi connectivity index (χ2v) is 5.50. The summed E-state index contributed by atoms with van der Waals surface area (Å²) >= 11 is 0. The Morgan fingerprint density at radius 3 is 2.44 bits per heavy atom. The minimum atomic E-state index is 0.582. The van der Waals surface area contributed by atoms with Crippen LogP contribution in [0.4, 0.5) is 17.3 Å². The summed E-state index contributed by atoms with van der Waals surface area (Å²) in [6, 6.07) is 5.91. The van der Waals surface area contributed by atoms with Gasteiger partial charge in [-0.05, 0) is 38.0 Å². The van der Waals surface area contributed by atoms with E-state index in [-0.39, 0.29) is 0 Å². The van der Waals surface area contributed by atoms with Crippen LogP contribution in [0.25, 0.3) is 0 Å². The van der Waals surface area contributed by atoms with Crippen LogP contribution in [0.1, 0.15) is 19.4 Å². The third kappa shape index (κ3) is 4.43. The van der Waals surface area contributed by atoms with Gasteiger partial charge in [-0.3, -0.25) is 0 Å². The Morgan fingerprint density at radius 2 is 1.80 bits per heavy atom. The Bertz CT molecular complexity index is 689. The zero-order chi connectivity index (χ0) is 18.2. The SMILES string of the molecule is CCN(CC)c1ncnc(NCCc2ccc(OC)c(OC)c2)c1N. The molecule has 0 aliphatic heterocycles. The first-order valence-electron chi connectivity index (χ1n) is 8.44. The maximum Gasteiger partial charge on any atom is 0.160 e. The summed E-state index contributed by atoms with van der Waals surface area (Å²) in [4.78, 5) is 10.7. The summed E-state index contributed by atoms with van der Waals surface area (Å²) in [7, 11) is 3.26. The average molecular weight is 345 g/mol. The number of methoxy groups -OCH3 is 2. The lowest BCUT2D eigenvalue weighted by molar-refractivity contribution is 0.354. The quantitative estimate of drug-likeness (QED) is 0.722. The highest BCUT2D eigenvalue weighted by Crippen LogP contribution is 2.28. The lowest BCUT2D eigenvalue weighted by atomic mass is 10.1. The van der Waals surface area contributed by atoms with Gasteiger partial charge in [-0.25, -0.2) is 9.97 Å². The van der Waals surface area contributed by atoms with E-state index in [1.165, 1.54) is 0 Å². The highest BCUT2D eigenvalue weighted by atomic mass is 16.5. The van der Waals surface area contributed by atoms with Crippen molar-refractivity contribution < 1.29 is 9.47 Å². The van der Waals surface area contributed by atoms with E-state index in [2.05, 4.69) is 34.0 Å². The molecule has 7 heteroatoms. The number of anilines is 3. The molecular formula is C18H27N5O2.